The van der Waals surface area contributed by atoms with Gasteiger partial charge in [0.15, 0.2) is 0 Å². The molecule has 2 aromatic carbocycles. The monoisotopic (exact) mass is 368 g/mol. The molecule has 0 saturated carbocycles. The summed E-state index contributed by atoms with van der Waals surface area (Å²) in [6, 6.07) is 16.1. The van der Waals surface area contributed by atoms with Crippen molar-refractivity contribution in [3.8, 4) is 5.75 Å². The SMILES string of the molecule is COc1ccc(NC(=O)C(C=NC(=O)OC(C)(C)C)c2ccccc2)cc1. The largest absolute Gasteiger partial charge is 0.497 e. The first-order valence-corrected chi connectivity index (χ1v) is 8.55. The predicted octanol–water partition coefficient (Wildman–Crippen LogP) is 4.42. The highest BCUT2D eigenvalue weighted by Crippen LogP contribution is 2.19. The number of nitrogens with zero attached hydrogens (tertiary/aromatic N) is 1. The maximum Gasteiger partial charge on any atom is 0.433 e. The van der Waals surface area contributed by atoms with E-state index >= 15 is 0 Å². The summed E-state index contributed by atoms with van der Waals surface area (Å²) >= 11 is 0. The van der Waals surface area contributed by atoms with Gasteiger partial charge in [-0.25, -0.2) is 4.79 Å². The van der Waals surface area contributed by atoms with Crippen LogP contribution in [-0.4, -0.2) is 30.9 Å². The minimum absolute atomic E-state index is 0.307. The fraction of sp³-hybridized carbons (Fsp3) is 0.286. The van der Waals surface area contributed by atoms with E-state index in [0.717, 1.165) is 5.56 Å². The van der Waals surface area contributed by atoms with Crippen molar-refractivity contribution < 1.29 is 19.1 Å². The van der Waals surface area contributed by atoms with Crippen LogP contribution in [0.4, 0.5) is 10.5 Å². The first kappa shape index (κ1) is 20.2. The standard InChI is InChI=1S/C21H24N2O4/c1-21(2,3)27-20(25)22-14-18(15-8-6-5-7-9-15)19(24)23-16-10-12-17(26-4)13-11-16/h5-14,18H,1-4H3,(H,23,24). The van der Waals surface area contributed by atoms with Gasteiger partial charge in [0.05, 0.1) is 13.0 Å². The van der Waals surface area contributed by atoms with Gasteiger partial charge in [-0.3, -0.25) is 4.79 Å². The number of ether oxygens (including phenoxy) is 2. The highest BCUT2D eigenvalue weighted by molar-refractivity contribution is 6.07. The molecule has 1 atom stereocenters. The van der Waals surface area contributed by atoms with Gasteiger partial charge >= 0.3 is 6.09 Å². The molecular formula is C21H24N2O4. The molecule has 0 radical (unpaired) electrons. The average Bonchev–Trinajstić information content (AvgIpc) is 2.62. The predicted molar refractivity (Wildman–Crippen MR) is 106 cm³/mol. The fourth-order valence-electron chi connectivity index (χ4n) is 2.28. The van der Waals surface area contributed by atoms with Gasteiger partial charge in [-0.05, 0) is 50.6 Å². The van der Waals surface area contributed by atoms with Crippen LogP contribution in [0.5, 0.6) is 5.75 Å². The molecule has 0 saturated heterocycles. The van der Waals surface area contributed by atoms with E-state index in [4.69, 9.17) is 9.47 Å². The number of carbonyl (C=O) groups is 2. The molecule has 1 unspecified atom stereocenters. The smallest absolute Gasteiger partial charge is 0.433 e. The maximum atomic E-state index is 12.8. The van der Waals surface area contributed by atoms with Gasteiger partial charge < -0.3 is 14.8 Å². The lowest BCUT2D eigenvalue weighted by atomic mass is 9.99. The number of hydrogen-bond donors (Lipinski definition) is 1. The van der Waals surface area contributed by atoms with E-state index < -0.39 is 17.6 Å². The molecular weight excluding hydrogens is 344 g/mol. The molecule has 2 rings (SSSR count). The van der Waals surface area contributed by atoms with Gasteiger partial charge in [-0.2, -0.15) is 4.99 Å². The average molecular weight is 368 g/mol. The van der Waals surface area contributed by atoms with Gasteiger partial charge in [0.25, 0.3) is 0 Å². The molecule has 6 heteroatoms. The van der Waals surface area contributed by atoms with Crippen LogP contribution in [0.2, 0.25) is 0 Å². The van der Waals surface area contributed by atoms with Gasteiger partial charge in [0, 0.05) is 11.9 Å². The van der Waals surface area contributed by atoms with Crippen molar-refractivity contribution in [3.05, 3.63) is 60.2 Å². The number of nitrogens with one attached hydrogen (secondary N) is 1. The van der Waals surface area contributed by atoms with Crippen LogP contribution in [0.25, 0.3) is 0 Å². The highest BCUT2D eigenvalue weighted by Gasteiger charge is 2.21. The molecule has 142 valence electrons. The third-order valence-electron chi connectivity index (χ3n) is 3.52. The van der Waals surface area contributed by atoms with Crippen LogP contribution in [0.3, 0.4) is 0 Å². The number of hydrogen-bond acceptors (Lipinski definition) is 4. The highest BCUT2D eigenvalue weighted by atomic mass is 16.6. The van der Waals surface area contributed by atoms with Crippen molar-refractivity contribution in [2.24, 2.45) is 4.99 Å². The number of methoxy groups -OCH3 is 1. The van der Waals surface area contributed by atoms with Gasteiger partial charge in [0.1, 0.15) is 11.4 Å². The Labute approximate surface area is 159 Å². The summed E-state index contributed by atoms with van der Waals surface area (Å²) in [5.74, 6) is -0.349. The minimum Gasteiger partial charge on any atom is -0.497 e. The molecule has 0 heterocycles. The minimum atomic E-state index is -0.735. The van der Waals surface area contributed by atoms with Gasteiger partial charge in [0.2, 0.25) is 5.91 Å². The Morgan fingerprint density at radius 2 is 1.67 bits per heavy atom. The summed E-state index contributed by atoms with van der Waals surface area (Å²) in [5.41, 5.74) is 0.686. The lowest BCUT2D eigenvalue weighted by Gasteiger charge is -2.17. The summed E-state index contributed by atoms with van der Waals surface area (Å²) in [4.78, 5) is 28.5. The number of carbonyl (C=O) groups excluding carboxylic acids is 2. The quantitative estimate of drug-likeness (QED) is 0.793. The van der Waals surface area contributed by atoms with E-state index in [9.17, 15) is 9.59 Å². The second-order valence-corrected chi connectivity index (χ2v) is 6.86. The molecule has 0 spiro atoms. The molecule has 27 heavy (non-hydrogen) atoms. The topological polar surface area (TPSA) is 77.0 Å². The van der Waals surface area contributed by atoms with Crippen molar-refractivity contribution in [1.29, 1.82) is 0 Å². The van der Waals surface area contributed by atoms with E-state index in [0.29, 0.717) is 11.4 Å². The Kier molecular flexibility index (Phi) is 6.71. The van der Waals surface area contributed by atoms with Crippen LogP contribution in [-0.2, 0) is 9.53 Å². The molecule has 1 N–H and O–H groups in total. The van der Waals surface area contributed by atoms with Crippen LogP contribution < -0.4 is 10.1 Å². The molecule has 6 nitrogen and oxygen atoms in total. The van der Waals surface area contributed by atoms with Crippen molar-refractivity contribution in [2.75, 3.05) is 12.4 Å². The molecule has 0 aliphatic carbocycles. The van der Waals surface area contributed by atoms with Crippen LogP contribution in [0.1, 0.15) is 32.3 Å². The van der Waals surface area contributed by atoms with Crippen LogP contribution in [0, 0.1) is 0 Å². The number of rotatable bonds is 5. The number of amides is 2. The summed E-state index contributed by atoms with van der Waals surface area (Å²) in [7, 11) is 1.58. The zero-order chi connectivity index (χ0) is 19.9. The van der Waals surface area contributed by atoms with Crippen molar-refractivity contribution in [2.45, 2.75) is 32.3 Å². The Bertz CT molecular complexity index is 793. The number of anilines is 1. The van der Waals surface area contributed by atoms with Gasteiger partial charge in [-0.1, -0.05) is 30.3 Å². The summed E-state index contributed by atoms with van der Waals surface area (Å²) in [6.07, 6.45) is 0.572. The summed E-state index contributed by atoms with van der Waals surface area (Å²) in [5, 5.41) is 2.83. The Hall–Kier alpha value is -3.15. The molecule has 0 fully saturated rings. The molecule has 0 bridgehead atoms. The number of aliphatic imine (C=N–C) groups is 1. The lowest BCUT2D eigenvalue weighted by Crippen LogP contribution is -2.24. The van der Waals surface area contributed by atoms with Crippen LogP contribution >= 0.6 is 0 Å². The molecule has 0 aromatic heterocycles. The van der Waals surface area contributed by atoms with Gasteiger partial charge in [-0.15, -0.1) is 0 Å². The lowest BCUT2D eigenvalue weighted by molar-refractivity contribution is -0.116. The second-order valence-electron chi connectivity index (χ2n) is 6.86. The van der Waals surface area contributed by atoms with E-state index in [1.54, 1.807) is 64.3 Å². The Balaban J connectivity index is 2.19. The second kappa shape index (κ2) is 8.98. The Morgan fingerprint density at radius 1 is 1.04 bits per heavy atom. The third kappa shape index (κ3) is 6.58. The molecule has 2 amide bonds. The summed E-state index contributed by atoms with van der Waals surface area (Å²) < 4.78 is 10.3. The molecule has 0 aliphatic rings. The number of benzene rings is 2. The molecule has 0 aliphatic heterocycles. The first-order chi connectivity index (χ1) is 12.8. The van der Waals surface area contributed by atoms with E-state index in [2.05, 4.69) is 10.3 Å². The van der Waals surface area contributed by atoms with Crippen LogP contribution in [0.15, 0.2) is 59.6 Å². The summed E-state index contributed by atoms with van der Waals surface area (Å²) in [6.45, 7) is 5.27. The van der Waals surface area contributed by atoms with E-state index in [1.807, 2.05) is 18.2 Å². The third-order valence-corrected chi connectivity index (χ3v) is 3.52. The zero-order valence-corrected chi connectivity index (χ0v) is 15.9. The van der Waals surface area contributed by atoms with Crippen molar-refractivity contribution in [3.63, 3.8) is 0 Å². The van der Waals surface area contributed by atoms with Crippen molar-refractivity contribution in [1.82, 2.24) is 0 Å². The zero-order valence-electron chi connectivity index (χ0n) is 15.9. The maximum absolute atomic E-state index is 12.8. The Morgan fingerprint density at radius 3 is 2.22 bits per heavy atom. The first-order valence-electron chi connectivity index (χ1n) is 8.55. The van der Waals surface area contributed by atoms with E-state index in [-0.39, 0.29) is 5.91 Å². The van der Waals surface area contributed by atoms with Crippen molar-refractivity contribution >= 4 is 23.9 Å². The van der Waals surface area contributed by atoms with E-state index in [1.165, 1.54) is 6.21 Å². The normalized spacial score (nSPS) is 12.4. The fourth-order valence-corrected chi connectivity index (χ4v) is 2.28. The molecule has 2 aromatic rings.